The summed E-state index contributed by atoms with van der Waals surface area (Å²) in [6.07, 6.45) is 2.72. The molecule has 3 N–H and O–H groups in total. The number of nitrogens with two attached hydrogens (primary N) is 1. The van der Waals surface area contributed by atoms with Crippen molar-refractivity contribution < 1.29 is 9.90 Å². The maximum atomic E-state index is 10.5. The van der Waals surface area contributed by atoms with Gasteiger partial charge in [-0.15, -0.1) is 0 Å². The molecule has 0 radical (unpaired) electrons. The molecule has 0 aliphatic heterocycles. The summed E-state index contributed by atoms with van der Waals surface area (Å²) in [4.78, 5) is 10.5. The van der Waals surface area contributed by atoms with Crippen molar-refractivity contribution in [2.45, 2.75) is 87.7 Å². The molecule has 0 saturated heterocycles. The molecule has 0 spiro atoms. The molecule has 114 valence electrons. The molecule has 0 saturated carbocycles. The first-order valence-electron chi connectivity index (χ1n) is 7.25. The van der Waals surface area contributed by atoms with E-state index >= 15 is 0 Å². The maximum Gasteiger partial charge on any atom is 0.223 e. The van der Waals surface area contributed by atoms with Gasteiger partial charge < -0.3 is 10.8 Å². The minimum absolute atomic E-state index is 0.102. The number of primary amides is 1. The van der Waals surface area contributed by atoms with Crippen molar-refractivity contribution in [1.29, 1.82) is 0 Å². The standard InChI is InChI=1S/C6H13NO.C5H12O.2C2H6/c1-4-6(2,3)5(7)8;1-3-4-5(2)6;2*1-2/h4H2,1-3H3,(H2,7,8);5-6H,3-4H2,1-2H3;2*1-2H3. The van der Waals surface area contributed by atoms with Gasteiger partial charge in [0.25, 0.3) is 0 Å². The van der Waals surface area contributed by atoms with Gasteiger partial charge in [-0.05, 0) is 19.8 Å². The summed E-state index contributed by atoms with van der Waals surface area (Å²) in [5.41, 5.74) is 4.72. The Kier molecular flexibility index (Phi) is 27.2. The van der Waals surface area contributed by atoms with Gasteiger partial charge >= 0.3 is 0 Å². The Balaban J connectivity index is -0.0000000869. The molecule has 3 nitrogen and oxygen atoms in total. The van der Waals surface area contributed by atoms with Gasteiger partial charge in [-0.25, -0.2) is 0 Å². The average Bonchev–Trinajstić information content (AvgIpc) is 2.34. The Labute approximate surface area is 115 Å². The van der Waals surface area contributed by atoms with Gasteiger partial charge in [0.05, 0.1) is 6.10 Å². The topological polar surface area (TPSA) is 63.3 Å². The second kappa shape index (κ2) is 18.8. The molecule has 0 bridgehead atoms. The molecule has 0 aromatic rings. The average molecular weight is 263 g/mol. The summed E-state index contributed by atoms with van der Waals surface area (Å²) < 4.78 is 0. The van der Waals surface area contributed by atoms with Crippen LogP contribution in [0.3, 0.4) is 0 Å². The van der Waals surface area contributed by atoms with Crippen molar-refractivity contribution in [3.8, 4) is 0 Å². The van der Waals surface area contributed by atoms with Crippen molar-refractivity contribution in [2.75, 3.05) is 0 Å². The predicted molar refractivity (Wildman–Crippen MR) is 82.6 cm³/mol. The molecule has 0 rings (SSSR count). The van der Waals surface area contributed by atoms with Crippen LogP contribution in [0.1, 0.15) is 81.6 Å². The van der Waals surface area contributed by atoms with Crippen LogP contribution in [0.25, 0.3) is 0 Å². The molecule has 0 aliphatic rings. The molecule has 1 atom stereocenters. The van der Waals surface area contributed by atoms with Crippen LogP contribution < -0.4 is 5.73 Å². The van der Waals surface area contributed by atoms with Crippen LogP contribution in [0.15, 0.2) is 0 Å². The van der Waals surface area contributed by atoms with Crippen molar-refractivity contribution >= 4 is 5.91 Å². The Morgan fingerprint density at radius 3 is 1.50 bits per heavy atom. The van der Waals surface area contributed by atoms with Crippen molar-refractivity contribution in [1.82, 2.24) is 0 Å². The second-order valence-electron chi connectivity index (χ2n) is 4.24. The summed E-state index contributed by atoms with van der Waals surface area (Å²) in [6.45, 7) is 17.5. The van der Waals surface area contributed by atoms with E-state index in [9.17, 15) is 4.79 Å². The van der Waals surface area contributed by atoms with Gasteiger partial charge in [-0.1, -0.05) is 61.8 Å². The molecule has 3 heteroatoms. The lowest BCUT2D eigenvalue weighted by atomic mass is 9.90. The van der Waals surface area contributed by atoms with Crippen molar-refractivity contribution in [3.05, 3.63) is 0 Å². The SMILES string of the molecule is CC.CC.CCC(C)(C)C(N)=O.CCCC(C)O. The number of amides is 1. The van der Waals surface area contributed by atoms with E-state index in [1.165, 1.54) is 0 Å². The normalized spacial score (nSPS) is 10.6. The van der Waals surface area contributed by atoms with Crippen LogP contribution in [0.5, 0.6) is 0 Å². The number of aliphatic hydroxyl groups excluding tert-OH is 1. The zero-order valence-corrected chi connectivity index (χ0v) is 14.1. The lowest BCUT2D eigenvalue weighted by Gasteiger charge is -2.16. The summed E-state index contributed by atoms with van der Waals surface area (Å²) >= 11 is 0. The molecule has 0 fully saturated rings. The molecular formula is C15H37NO2. The monoisotopic (exact) mass is 263 g/mol. The summed E-state index contributed by atoms with van der Waals surface area (Å²) in [5, 5.41) is 8.55. The first-order chi connectivity index (χ1) is 8.27. The number of carbonyl (C=O) groups is 1. The Hall–Kier alpha value is -0.570. The molecule has 0 aromatic heterocycles. The van der Waals surface area contributed by atoms with Gasteiger partial charge in [-0.2, -0.15) is 0 Å². The predicted octanol–water partition coefficient (Wildman–Crippen LogP) is 4.13. The van der Waals surface area contributed by atoms with Crippen LogP contribution in [-0.4, -0.2) is 17.1 Å². The van der Waals surface area contributed by atoms with Crippen LogP contribution >= 0.6 is 0 Å². The highest BCUT2D eigenvalue weighted by molar-refractivity contribution is 5.79. The van der Waals surface area contributed by atoms with E-state index in [4.69, 9.17) is 10.8 Å². The van der Waals surface area contributed by atoms with Gasteiger partial charge in [0.1, 0.15) is 0 Å². The van der Waals surface area contributed by atoms with Crippen LogP contribution in [-0.2, 0) is 4.79 Å². The van der Waals surface area contributed by atoms with E-state index in [2.05, 4.69) is 6.92 Å². The Morgan fingerprint density at radius 1 is 1.17 bits per heavy atom. The largest absolute Gasteiger partial charge is 0.393 e. The number of aliphatic hydroxyl groups is 1. The summed E-state index contributed by atoms with van der Waals surface area (Å²) in [6, 6.07) is 0. The Bertz CT molecular complexity index is 155. The number of rotatable bonds is 4. The highest BCUT2D eigenvalue weighted by atomic mass is 16.3. The van der Waals surface area contributed by atoms with Gasteiger partial charge in [-0.3, -0.25) is 4.79 Å². The van der Waals surface area contributed by atoms with Crippen LogP contribution in [0, 0.1) is 5.41 Å². The molecule has 0 aromatic carbocycles. The van der Waals surface area contributed by atoms with Gasteiger partial charge in [0, 0.05) is 5.41 Å². The zero-order valence-electron chi connectivity index (χ0n) is 14.1. The highest BCUT2D eigenvalue weighted by Gasteiger charge is 2.21. The van der Waals surface area contributed by atoms with E-state index in [1.807, 2.05) is 55.4 Å². The minimum atomic E-state index is -0.319. The van der Waals surface area contributed by atoms with E-state index in [0.29, 0.717) is 0 Å². The van der Waals surface area contributed by atoms with E-state index in [-0.39, 0.29) is 17.4 Å². The number of carbonyl (C=O) groups excluding carboxylic acids is 1. The van der Waals surface area contributed by atoms with Gasteiger partial charge in [0.15, 0.2) is 0 Å². The first kappa shape index (κ1) is 26.1. The van der Waals surface area contributed by atoms with Gasteiger partial charge in [0.2, 0.25) is 5.91 Å². The van der Waals surface area contributed by atoms with E-state index in [1.54, 1.807) is 0 Å². The second-order valence-corrected chi connectivity index (χ2v) is 4.24. The lowest BCUT2D eigenvalue weighted by molar-refractivity contribution is -0.126. The summed E-state index contributed by atoms with van der Waals surface area (Å²) in [5.74, 6) is -0.222. The highest BCUT2D eigenvalue weighted by Crippen LogP contribution is 2.17. The first-order valence-corrected chi connectivity index (χ1v) is 7.25. The van der Waals surface area contributed by atoms with E-state index < -0.39 is 0 Å². The lowest BCUT2D eigenvalue weighted by Crippen LogP contribution is -2.30. The maximum absolute atomic E-state index is 10.5. The Morgan fingerprint density at radius 2 is 1.50 bits per heavy atom. The molecule has 1 unspecified atom stereocenters. The smallest absolute Gasteiger partial charge is 0.223 e. The minimum Gasteiger partial charge on any atom is -0.393 e. The third kappa shape index (κ3) is 24.6. The molecule has 1 amide bonds. The molecule has 0 aliphatic carbocycles. The molecule has 0 heterocycles. The zero-order chi connectivity index (χ0) is 15.8. The van der Waals surface area contributed by atoms with Crippen molar-refractivity contribution in [3.63, 3.8) is 0 Å². The molecule has 18 heavy (non-hydrogen) atoms. The third-order valence-electron chi connectivity index (χ3n) is 2.26. The fourth-order valence-corrected chi connectivity index (χ4v) is 0.592. The van der Waals surface area contributed by atoms with Crippen molar-refractivity contribution in [2.24, 2.45) is 11.1 Å². The van der Waals surface area contributed by atoms with Crippen LogP contribution in [0.2, 0.25) is 0 Å². The van der Waals surface area contributed by atoms with Crippen LogP contribution in [0.4, 0.5) is 0 Å². The summed E-state index contributed by atoms with van der Waals surface area (Å²) in [7, 11) is 0. The molecular weight excluding hydrogens is 226 g/mol. The fourth-order valence-electron chi connectivity index (χ4n) is 0.592. The number of hydrogen-bond donors (Lipinski definition) is 2. The fraction of sp³-hybridized carbons (Fsp3) is 0.933. The number of hydrogen-bond acceptors (Lipinski definition) is 2. The van der Waals surface area contributed by atoms with E-state index in [0.717, 1.165) is 19.3 Å². The third-order valence-corrected chi connectivity index (χ3v) is 2.26. The quantitative estimate of drug-likeness (QED) is 0.801.